The minimum atomic E-state index is -0.630. The van der Waals surface area contributed by atoms with Gasteiger partial charge in [0.2, 0.25) is 5.91 Å². The molecule has 10 heteroatoms. The summed E-state index contributed by atoms with van der Waals surface area (Å²) in [6, 6.07) is 1.60. The lowest BCUT2D eigenvalue weighted by atomic mass is 10.4. The predicted molar refractivity (Wildman–Crippen MR) is 68.3 cm³/mol. The first-order valence-electron chi connectivity index (χ1n) is 6.26. The average Bonchev–Trinajstić information content (AvgIpc) is 3.05. The summed E-state index contributed by atoms with van der Waals surface area (Å²) in [4.78, 5) is 23.3. The van der Waals surface area contributed by atoms with Crippen molar-refractivity contribution < 1.29 is 18.8 Å². The van der Waals surface area contributed by atoms with Crippen molar-refractivity contribution in [3.8, 4) is 0 Å². The zero-order valence-electron chi connectivity index (χ0n) is 11.6. The molecule has 0 unspecified atom stereocenters. The Balaban J connectivity index is 1.89. The molecule has 2 aromatic heterocycles. The van der Waals surface area contributed by atoms with Crippen LogP contribution in [0.2, 0.25) is 0 Å². The van der Waals surface area contributed by atoms with Crippen molar-refractivity contribution in [1.82, 2.24) is 25.4 Å². The zero-order valence-corrected chi connectivity index (χ0v) is 11.6. The molecule has 0 atom stereocenters. The van der Waals surface area contributed by atoms with Gasteiger partial charge in [-0.05, 0) is 24.3 Å². The number of ether oxygens (including phenoxy) is 1. The lowest BCUT2D eigenvalue weighted by molar-refractivity contribution is -0.116. The molecule has 0 spiro atoms. The van der Waals surface area contributed by atoms with Gasteiger partial charge in [0.25, 0.3) is 5.82 Å². The van der Waals surface area contributed by atoms with E-state index in [1.165, 1.54) is 4.68 Å². The molecule has 0 bridgehead atoms. The van der Waals surface area contributed by atoms with E-state index in [1.807, 2.05) is 0 Å². The highest BCUT2D eigenvalue weighted by Crippen LogP contribution is 2.07. The van der Waals surface area contributed by atoms with Crippen LogP contribution in [0, 0.1) is 6.92 Å². The largest absolute Gasteiger partial charge is 0.460 e. The number of aromatic nitrogens is 5. The van der Waals surface area contributed by atoms with Gasteiger partial charge in [-0.3, -0.25) is 4.79 Å². The third kappa shape index (κ3) is 3.84. The molecule has 112 valence electrons. The Bertz CT molecular complexity index is 634. The van der Waals surface area contributed by atoms with Crippen LogP contribution in [-0.2, 0) is 16.1 Å². The molecule has 0 saturated heterocycles. The van der Waals surface area contributed by atoms with Gasteiger partial charge < -0.3 is 14.6 Å². The maximum Gasteiger partial charge on any atom is 0.378 e. The van der Waals surface area contributed by atoms with Gasteiger partial charge in [0.15, 0.2) is 5.82 Å². The highest BCUT2D eigenvalue weighted by atomic mass is 16.5. The minimum Gasteiger partial charge on any atom is -0.460 e. The number of hydrogen-bond donors (Lipinski definition) is 1. The van der Waals surface area contributed by atoms with Crippen LogP contribution in [0.4, 0.5) is 5.82 Å². The number of carbonyl (C=O) groups excluding carboxylic acids is 2. The van der Waals surface area contributed by atoms with E-state index in [0.717, 1.165) is 0 Å². The maximum absolute atomic E-state index is 11.7. The van der Waals surface area contributed by atoms with Gasteiger partial charge in [-0.2, -0.15) is 0 Å². The second-order valence-electron chi connectivity index (χ2n) is 4.07. The normalized spacial score (nSPS) is 10.4. The van der Waals surface area contributed by atoms with E-state index in [4.69, 9.17) is 9.26 Å². The van der Waals surface area contributed by atoms with Crippen LogP contribution >= 0.6 is 0 Å². The molecule has 1 amide bonds. The van der Waals surface area contributed by atoms with Gasteiger partial charge in [-0.15, -0.1) is 5.10 Å². The summed E-state index contributed by atoms with van der Waals surface area (Å²) in [5.74, 6) is -0.0409. The molecule has 2 rings (SSSR count). The van der Waals surface area contributed by atoms with Crippen LogP contribution in [0.25, 0.3) is 0 Å². The van der Waals surface area contributed by atoms with Crippen LogP contribution in [0.5, 0.6) is 0 Å². The van der Waals surface area contributed by atoms with Crippen molar-refractivity contribution in [3.63, 3.8) is 0 Å². The highest BCUT2D eigenvalue weighted by Gasteiger charge is 2.17. The van der Waals surface area contributed by atoms with Crippen LogP contribution in [-0.4, -0.2) is 43.8 Å². The number of rotatable bonds is 6. The Kier molecular flexibility index (Phi) is 4.59. The predicted octanol–water partition coefficient (Wildman–Crippen LogP) is 0.175. The minimum absolute atomic E-state index is 0.0399. The summed E-state index contributed by atoms with van der Waals surface area (Å²) >= 11 is 0. The molecule has 0 saturated carbocycles. The molecule has 21 heavy (non-hydrogen) atoms. The van der Waals surface area contributed by atoms with Crippen LogP contribution in [0.1, 0.15) is 29.7 Å². The highest BCUT2D eigenvalue weighted by molar-refractivity contribution is 5.89. The summed E-state index contributed by atoms with van der Waals surface area (Å²) < 4.78 is 10.9. The number of nitrogens with zero attached hydrogens (tertiary/aromatic N) is 5. The quantitative estimate of drug-likeness (QED) is 0.747. The van der Waals surface area contributed by atoms with E-state index in [-0.39, 0.29) is 31.3 Å². The van der Waals surface area contributed by atoms with E-state index in [9.17, 15) is 9.59 Å². The van der Waals surface area contributed by atoms with Crippen LogP contribution in [0.15, 0.2) is 10.6 Å². The van der Waals surface area contributed by atoms with Crippen molar-refractivity contribution >= 4 is 17.7 Å². The first-order chi connectivity index (χ1) is 10.1. The second-order valence-corrected chi connectivity index (χ2v) is 4.07. The number of esters is 1. The maximum atomic E-state index is 11.7. The Morgan fingerprint density at radius 2 is 2.29 bits per heavy atom. The fraction of sp³-hybridized carbons (Fsp3) is 0.455. The van der Waals surface area contributed by atoms with Crippen molar-refractivity contribution in [2.24, 2.45) is 0 Å². The fourth-order valence-corrected chi connectivity index (χ4v) is 1.54. The molecule has 0 aliphatic rings. The van der Waals surface area contributed by atoms with E-state index < -0.39 is 5.97 Å². The van der Waals surface area contributed by atoms with Crippen LogP contribution < -0.4 is 5.32 Å². The summed E-state index contributed by atoms with van der Waals surface area (Å²) in [6.45, 7) is 3.76. The van der Waals surface area contributed by atoms with E-state index in [1.54, 1.807) is 19.9 Å². The number of amides is 1. The van der Waals surface area contributed by atoms with E-state index in [2.05, 4.69) is 26.0 Å². The number of nitrogens with one attached hydrogen (secondary N) is 1. The molecule has 1 N–H and O–H groups in total. The van der Waals surface area contributed by atoms with Crippen molar-refractivity contribution in [3.05, 3.63) is 17.7 Å². The Morgan fingerprint density at radius 1 is 1.48 bits per heavy atom. The smallest absolute Gasteiger partial charge is 0.378 e. The Hall–Kier alpha value is -2.78. The summed E-state index contributed by atoms with van der Waals surface area (Å²) in [6.07, 6.45) is 0.0728. The number of carbonyl (C=O) groups is 2. The molecule has 0 radical (unpaired) electrons. The van der Waals surface area contributed by atoms with Crippen molar-refractivity contribution in [1.29, 1.82) is 0 Å². The monoisotopic (exact) mass is 294 g/mol. The van der Waals surface area contributed by atoms with E-state index >= 15 is 0 Å². The van der Waals surface area contributed by atoms with Gasteiger partial charge in [0.1, 0.15) is 5.76 Å². The second kappa shape index (κ2) is 6.59. The number of anilines is 1. The number of tetrazole rings is 1. The lowest BCUT2D eigenvalue weighted by Crippen LogP contribution is -2.19. The zero-order chi connectivity index (χ0) is 15.2. The van der Waals surface area contributed by atoms with Crippen molar-refractivity contribution in [2.75, 3.05) is 11.9 Å². The number of aryl methyl sites for hydroxylation is 2. The topological polar surface area (TPSA) is 125 Å². The molecular formula is C11H14N6O4. The molecule has 0 aliphatic heterocycles. The molecule has 0 fully saturated rings. The summed E-state index contributed by atoms with van der Waals surface area (Å²) in [5.41, 5.74) is 0. The molecule has 0 aromatic carbocycles. The SMILES string of the molecule is CCOC(=O)c1nnnn1CCC(=O)Nc1cc(C)on1. The molecule has 10 nitrogen and oxygen atoms in total. The third-order valence-corrected chi connectivity index (χ3v) is 2.44. The van der Waals surface area contributed by atoms with Gasteiger partial charge in [-0.1, -0.05) is 5.16 Å². The third-order valence-electron chi connectivity index (χ3n) is 2.44. The standard InChI is InChI=1S/C11H14N6O4/c1-3-20-11(19)10-13-15-16-17(10)5-4-9(18)12-8-6-7(2)21-14-8/h6H,3-5H2,1-2H3,(H,12,14,18). The van der Waals surface area contributed by atoms with Gasteiger partial charge in [-0.25, -0.2) is 9.48 Å². The Labute approximate surface area is 119 Å². The van der Waals surface area contributed by atoms with Crippen LogP contribution in [0.3, 0.4) is 0 Å². The van der Waals surface area contributed by atoms with E-state index in [0.29, 0.717) is 11.6 Å². The van der Waals surface area contributed by atoms with Gasteiger partial charge in [0, 0.05) is 12.5 Å². The van der Waals surface area contributed by atoms with Crippen molar-refractivity contribution in [2.45, 2.75) is 26.8 Å². The summed E-state index contributed by atoms with van der Waals surface area (Å²) in [5, 5.41) is 16.8. The molecule has 0 aliphatic carbocycles. The fourth-order valence-electron chi connectivity index (χ4n) is 1.54. The molecule has 2 aromatic rings. The molecular weight excluding hydrogens is 280 g/mol. The first-order valence-corrected chi connectivity index (χ1v) is 6.26. The number of hydrogen-bond acceptors (Lipinski definition) is 8. The van der Waals surface area contributed by atoms with Gasteiger partial charge in [0.05, 0.1) is 13.2 Å². The van der Waals surface area contributed by atoms with Gasteiger partial charge >= 0.3 is 5.97 Å². The molecule has 2 heterocycles. The lowest BCUT2D eigenvalue weighted by Gasteiger charge is -2.04. The Morgan fingerprint density at radius 3 is 2.95 bits per heavy atom. The summed E-state index contributed by atoms with van der Waals surface area (Å²) in [7, 11) is 0. The first kappa shape index (κ1) is 14.6. The average molecular weight is 294 g/mol.